The second-order valence-electron chi connectivity index (χ2n) is 3.88. The van der Waals surface area contributed by atoms with Crippen molar-refractivity contribution in [3.05, 3.63) is 60.2 Å². The van der Waals surface area contributed by atoms with E-state index in [9.17, 15) is 4.79 Å². The van der Waals surface area contributed by atoms with Crippen LogP contribution in [0.4, 0.5) is 10.5 Å². The quantitative estimate of drug-likeness (QED) is 0.801. The Morgan fingerprint density at radius 1 is 1.11 bits per heavy atom. The first kappa shape index (κ1) is 12.7. The number of aryl methyl sites for hydroxylation is 1. The van der Waals surface area contributed by atoms with Crippen LogP contribution in [0.1, 0.15) is 13.9 Å². The monoisotopic (exact) mass is 259 g/mol. The first-order valence-electron chi connectivity index (χ1n) is 5.91. The predicted molar refractivity (Wildman–Crippen MR) is 79.3 cm³/mol. The van der Waals surface area contributed by atoms with Crippen LogP contribution in [0.2, 0.25) is 0 Å². The van der Waals surface area contributed by atoms with E-state index in [-0.39, 0.29) is 6.67 Å². The molecule has 0 radical (unpaired) electrons. The van der Waals surface area contributed by atoms with E-state index in [4.69, 9.17) is 0 Å². The molecule has 2 aromatic rings. The van der Waals surface area contributed by atoms with Gasteiger partial charge in [-0.1, -0.05) is 37.3 Å². The first-order chi connectivity index (χ1) is 8.78. The molecule has 1 N–H and O–H groups in total. The van der Waals surface area contributed by atoms with Gasteiger partial charge >= 0.3 is 0 Å². The summed E-state index contributed by atoms with van der Waals surface area (Å²) >= 11 is 1.20. The van der Waals surface area contributed by atoms with Gasteiger partial charge in [-0.05, 0) is 48.0 Å². The van der Waals surface area contributed by atoms with Gasteiger partial charge in [-0.15, -0.1) is 0 Å². The van der Waals surface area contributed by atoms with Crippen molar-refractivity contribution in [2.45, 2.75) is 18.2 Å². The Balaban J connectivity index is 0.00000180. The third-order valence-corrected chi connectivity index (χ3v) is 3.36. The maximum absolute atomic E-state index is 11.8. The lowest BCUT2D eigenvalue weighted by atomic mass is 10.1. The van der Waals surface area contributed by atoms with Crippen molar-refractivity contribution >= 4 is 22.7 Å². The highest BCUT2D eigenvalue weighted by atomic mass is 32.2. The number of hydrogen-bond donors (Lipinski definition) is 1. The highest BCUT2D eigenvalue weighted by Gasteiger charge is 2.04. The van der Waals surface area contributed by atoms with Crippen LogP contribution in [-0.2, 0) is 6.42 Å². The molecule has 0 fully saturated rings. The smallest absolute Gasteiger partial charge is 0.288 e. The molecular formula is C15H17NOS. The van der Waals surface area contributed by atoms with Crippen LogP contribution in [0.5, 0.6) is 0 Å². The number of anilines is 1. The van der Waals surface area contributed by atoms with E-state index in [1.807, 2.05) is 54.6 Å². The van der Waals surface area contributed by atoms with Gasteiger partial charge in [0.1, 0.15) is 0 Å². The maximum Gasteiger partial charge on any atom is 0.288 e. The van der Waals surface area contributed by atoms with Crippen LogP contribution in [0.25, 0.3) is 0 Å². The van der Waals surface area contributed by atoms with Gasteiger partial charge in [0.05, 0.1) is 0 Å². The summed E-state index contributed by atoms with van der Waals surface area (Å²) in [5.41, 5.74) is 2.10. The van der Waals surface area contributed by atoms with Crippen LogP contribution < -0.4 is 5.32 Å². The van der Waals surface area contributed by atoms with Crippen LogP contribution in [0, 0.1) is 0 Å². The molecule has 0 aliphatic rings. The summed E-state index contributed by atoms with van der Waals surface area (Å²) in [5.74, 6) is 0. The van der Waals surface area contributed by atoms with Crippen molar-refractivity contribution in [2.75, 3.05) is 5.32 Å². The van der Waals surface area contributed by atoms with Gasteiger partial charge in [0.2, 0.25) is 0 Å². The Hall–Kier alpha value is -1.74. The van der Waals surface area contributed by atoms with E-state index >= 15 is 0 Å². The van der Waals surface area contributed by atoms with Gasteiger partial charge in [0.25, 0.3) is 5.24 Å². The largest absolute Gasteiger partial charge is 0.317 e. The number of carbonyl (C=O) groups excluding carboxylic acids is 1. The van der Waals surface area contributed by atoms with Crippen LogP contribution in [0.3, 0.4) is 0 Å². The summed E-state index contributed by atoms with van der Waals surface area (Å²) in [7, 11) is 0. The lowest BCUT2D eigenvalue weighted by Gasteiger charge is -2.05. The predicted octanol–water partition coefficient (Wildman–Crippen LogP) is 4.82. The average Bonchev–Trinajstić information content (AvgIpc) is 2.40. The Bertz CT molecular complexity index is 513. The normalized spacial score (nSPS) is 10.1. The fraction of sp³-hybridized carbons (Fsp3) is 0.133. The van der Waals surface area contributed by atoms with Gasteiger partial charge in [0, 0.05) is 12.0 Å². The topological polar surface area (TPSA) is 29.1 Å². The lowest BCUT2D eigenvalue weighted by molar-refractivity contribution is 0.270. The number of amides is 1. The van der Waals surface area contributed by atoms with Crippen molar-refractivity contribution < 1.29 is 6.22 Å². The van der Waals surface area contributed by atoms with Gasteiger partial charge in [-0.2, -0.15) is 0 Å². The van der Waals surface area contributed by atoms with E-state index in [0.717, 1.165) is 17.0 Å². The standard InChI is InChI=1S/C15H15NOS.H2/c1-2-12-8-10-13(11-9-12)16-15(17)18-14-6-4-3-5-7-14;/h3-11H,2H2,1H3,(H,16,17);1H. The Morgan fingerprint density at radius 2 is 1.78 bits per heavy atom. The minimum absolute atomic E-state index is 0. The second-order valence-corrected chi connectivity index (χ2v) is 4.92. The van der Waals surface area contributed by atoms with Crippen molar-refractivity contribution in [1.29, 1.82) is 0 Å². The molecule has 3 heteroatoms. The molecule has 0 spiro atoms. The summed E-state index contributed by atoms with van der Waals surface area (Å²) in [6.07, 6.45) is 1.01. The minimum atomic E-state index is -0.0644. The molecule has 2 aromatic carbocycles. The fourth-order valence-corrected chi connectivity index (χ4v) is 2.24. The lowest BCUT2D eigenvalue weighted by Crippen LogP contribution is -2.04. The molecule has 0 aliphatic carbocycles. The van der Waals surface area contributed by atoms with Crippen LogP contribution >= 0.6 is 11.8 Å². The molecule has 0 bridgehead atoms. The van der Waals surface area contributed by atoms with Crippen LogP contribution in [0.15, 0.2) is 59.5 Å². The van der Waals surface area contributed by atoms with Crippen molar-refractivity contribution in [3.63, 3.8) is 0 Å². The molecule has 0 aliphatic heterocycles. The molecule has 1 amide bonds. The van der Waals surface area contributed by atoms with E-state index in [1.165, 1.54) is 17.3 Å². The summed E-state index contributed by atoms with van der Waals surface area (Å²) in [6, 6.07) is 17.5. The highest BCUT2D eigenvalue weighted by molar-refractivity contribution is 8.13. The highest BCUT2D eigenvalue weighted by Crippen LogP contribution is 2.20. The third-order valence-electron chi connectivity index (χ3n) is 2.56. The number of carbonyl (C=O) groups is 1. The van der Waals surface area contributed by atoms with Crippen molar-refractivity contribution in [1.82, 2.24) is 0 Å². The Morgan fingerprint density at radius 3 is 2.39 bits per heavy atom. The molecule has 0 saturated carbocycles. The van der Waals surface area contributed by atoms with Crippen molar-refractivity contribution in [3.8, 4) is 0 Å². The second kappa shape index (κ2) is 6.26. The van der Waals surface area contributed by atoms with Gasteiger partial charge < -0.3 is 5.32 Å². The minimum Gasteiger partial charge on any atom is -0.317 e. The maximum atomic E-state index is 11.8. The third kappa shape index (κ3) is 3.64. The van der Waals surface area contributed by atoms with Crippen molar-refractivity contribution in [2.24, 2.45) is 0 Å². The summed E-state index contributed by atoms with van der Waals surface area (Å²) in [5, 5.41) is 2.80. The zero-order chi connectivity index (χ0) is 12.8. The molecule has 2 rings (SSSR count). The number of rotatable bonds is 3. The molecule has 0 atom stereocenters. The molecule has 18 heavy (non-hydrogen) atoms. The van der Waals surface area contributed by atoms with E-state index < -0.39 is 0 Å². The average molecular weight is 259 g/mol. The number of benzene rings is 2. The Kier molecular flexibility index (Phi) is 4.42. The zero-order valence-corrected chi connectivity index (χ0v) is 11.0. The van der Waals surface area contributed by atoms with E-state index in [0.29, 0.717) is 0 Å². The van der Waals surface area contributed by atoms with Gasteiger partial charge in [-0.25, -0.2) is 0 Å². The molecular weight excluding hydrogens is 242 g/mol. The zero-order valence-electron chi connectivity index (χ0n) is 10.2. The number of thioether (sulfide) groups is 1. The summed E-state index contributed by atoms with van der Waals surface area (Å²) in [6.45, 7) is 2.11. The molecule has 0 heterocycles. The van der Waals surface area contributed by atoms with E-state index in [1.54, 1.807) is 0 Å². The number of hydrogen-bond acceptors (Lipinski definition) is 2. The molecule has 0 unspecified atom stereocenters. The molecule has 0 saturated heterocycles. The molecule has 0 aromatic heterocycles. The molecule has 2 nitrogen and oxygen atoms in total. The number of nitrogens with one attached hydrogen (secondary N) is 1. The van der Waals surface area contributed by atoms with Crippen LogP contribution in [-0.4, -0.2) is 5.24 Å². The van der Waals surface area contributed by atoms with E-state index in [2.05, 4.69) is 12.2 Å². The van der Waals surface area contributed by atoms with Gasteiger partial charge in [-0.3, -0.25) is 4.79 Å². The molecule has 94 valence electrons. The Labute approximate surface area is 113 Å². The summed E-state index contributed by atoms with van der Waals surface area (Å²) < 4.78 is 0. The SMILES string of the molecule is CCc1ccc(NC(=O)Sc2ccccc2)cc1.[HH]. The first-order valence-corrected chi connectivity index (χ1v) is 6.72. The fourth-order valence-electron chi connectivity index (χ4n) is 1.56. The van der Waals surface area contributed by atoms with Gasteiger partial charge in [0.15, 0.2) is 0 Å². The summed E-state index contributed by atoms with van der Waals surface area (Å²) in [4.78, 5) is 12.7.